The van der Waals surface area contributed by atoms with Crippen molar-refractivity contribution in [2.45, 2.75) is 19.3 Å². The predicted molar refractivity (Wildman–Crippen MR) is 88.9 cm³/mol. The van der Waals surface area contributed by atoms with Gasteiger partial charge in [0.05, 0.1) is 11.6 Å². The second-order valence-electron chi connectivity index (χ2n) is 5.92. The fraction of sp³-hybridized carbons (Fsp3) is 0.333. The summed E-state index contributed by atoms with van der Waals surface area (Å²) in [7, 11) is 1.93. The minimum atomic E-state index is -0.256. The Labute approximate surface area is 135 Å². The molecule has 1 aromatic heterocycles. The van der Waals surface area contributed by atoms with Gasteiger partial charge in [0.15, 0.2) is 0 Å². The van der Waals surface area contributed by atoms with E-state index in [2.05, 4.69) is 11.2 Å². The third kappa shape index (κ3) is 3.13. The molecule has 1 aromatic carbocycles. The Morgan fingerprint density at radius 3 is 2.78 bits per heavy atom. The average molecular weight is 311 g/mol. The van der Waals surface area contributed by atoms with Crippen molar-refractivity contribution < 1.29 is 9.90 Å². The van der Waals surface area contributed by atoms with Crippen LogP contribution in [-0.4, -0.2) is 38.8 Å². The molecule has 1 unspecified atom stereocenters. The molecule has 0 bridgehead atoms. The number of benzene rings is 1. The molecular weight excluding hydrogens is 290 g/mol. The summed E-state index contributed by atoms with van der Waals surface area (Å²) in [5.41, 5.74) is 3.19. The van der Waals surface area contributed by atoms with Crippen molar-refractivity contribution in [1.82, 2.24) is 14.7 Å². The maximum atomic E-state index is 12.7. The molecule has 5 heteroatoms. The van der Waals surface area contributed by atoms with Crippen LogP contribution in [0.3, 0.4) is 0 Å². The molecule has 0 spiro atoms. The summed E-state index contributed by atoms with van der Waals surface area (Å²) in [4.78, 5) is 14.5. The fourth-order valence-corrected chi connectivity index (χ4v) is 3.00. The minimum Gasteiger partial charge on any atom is -0.508 e. The third-order valence-electron chi connectivity index (χ3n) is 4.41. The number of carbonyl (C=O) groups is 1. The van der Waals surface area contributed by atoms with E-state index in [1.54, 1.807) is 24.4 Å². The SMILES string of the molecule is CC(C(=O)N1CC=C(c2ccnn2C)CC1)c1cccc(O)c1. The van der Waals surface area contributed by atoms with Crippen molar-refractivity contribution in [2.75, 3.05) is 13.1 Å². The van der Waals surface area contributed by atoms with Crippen molar-refractivity contribution in [3.8, 4) is 5.75 Å². The van der Waals surface area contributed by atoms with Crippen LogP contribution in [0, 0.1) is 0 Å². The molecule has 0 saturated carbocycles. The molecule has 1 N–H and O–H groups in total. The number of nitrogens with zero attached hydrogens (tertiary/aromatic N) is 3. The summed E-state index contributed by atoms with van der Waals surface area (Å²) in [5, 5.41) is 13.8. The number of aryl methyl sites for hydroxylation is 1. The maximum Gasteiger partial charge on any atom is 0.230 e. The number of hydrogen-bond donors (Lipinski definition) is 1. The number of carbonyl (C=O) groups excluding carboxylic acids is 1. The summed E-state index contributed by atoms with van der Waals surface area (Å²) in [5.74, 6) is 0.0313. The van der Waals surface area contributed by atoms with Crippen LogP contribution in [0.25, 0.3) is 5.57 Å². The van der Waals surface area contributed by atoms with E-state index >= 15 is 0 Å². The Bertz CT molecular complexity index is 748. The Balaban J connectivity index is 1.71. The zero-order valence-electron chi connectivity index (χ0n) is 13.4. The molecule has 1 atom stereocenters. The molecule has 3 rings (SSSR count). The van der Waals surface area contributed by atoms with E-state index in [4.69, 9.17) is 0 Å². The van der Waals surface area contributed by atoms with Gasteiger partial charge >= 0.3 is 0 Å². The molecule has 0 aliphatic carbocycles. The van der Waals surface area contributed by atoms with Crippen molar-refractivity contribution in [3.05, 3.63) is 53.9 Å². The average Bonchev–Trinajstić information content (AvgIpc) is 3.00. The Morgan fingerprint density at radius 1 is 1.35 bits per heavy atom. The highest BCUT2D eigenvalue weighted by Gasteiger charge is 2.24. The van der Waals surface area contributed by atoms with E-state index in [1.807, 2.05) is 35.7 Å². The first-order chi connectivity index (χ1) is 11.1. The van der Waals surface area contributed by atoms with E-state index in [0.29, 0.717) is 13.1 Å². The summed E-state index contributed by atoms with van der Waals surface area (Å²) >= 11 is 0. The maximum absolute atomic E-state index is 12.7. The van der Waals surface area contributed by atoms with Crippen LogP contribution < -0.4 is 0 Å². The lowest BCUT2D eigenvalue weighted by molar-refractivity contribution is -0.132. The van der Waals surface area contributed by atoms with Gasteiger partial charge in [-0.15, -0.1) is 0 Å². The van der Waals surface area contributed by atoms with Gasteiger partial charge in [0.25, 0.3) is 0 Å². The summed E-state index contributed by atoms with van der Waals surface area (Å²) in [6.07, 6.45) is 4.73. The van der Waals surface area contributed by atoms with Gasteiger partial charge in [0.2, 0.25) is 5.91 Å². The van der Waals surface area contributed by atoms with Crippen LogP contribution in [0.15, 0.2) is 42.6 Å². The van der Waals surface area contributed by atoms with Crippen molar-refractivity contribution in [3.63, 3.8) is 0 Å². The largest absolute Gasteiger partial charge is 0.508 e. The third-order valence-corrected chi connectivity index (χ3v) is 4.41. The summed E-state index contributed by atoms with van der Waals surface area (Å²) in [6, 6.07) is 8.92. The highest BCUT2D eigenvalue weighted by Crippen LogP contribution is 2.26. The quantitative estimate of drug-likeness (QED) is 0.947. The number of rotatable bonds is 3. The molecule has 5 nitrogen and oxygen atoms in total. The molecule has 1 aliphatic heterocycles. The lowest BCUT2D eigenvalue weighted by atomic mass is 9.97. The van der Waals surface area contributed by atoms with Gasteiger partial charge in [-0.3, -0.25) is 9.48 Å². The van der Waals surface area contributed by atoms with Gasteiger partial charge in [0, 0.05) is 26.3 Å². The van der Waals surface area contributed by atoms with Crippen molar-refractivity contribution in [1.29, 1.82) is 0 Å². The number of hydrogen-bond acceptors (Lipinski definition) is 3. The molecule has 120 valence electrons. The van der Waals surface area contributed by atoms with E-state index in [1.165, 1.54) is 5.57 Å². The topological polar surface area (TPSA) is 58.4 Å². The zero-order chi connectivity index (χ0) is 16.4. The number of amides is 1. The second-order valence-corrected chi connectivity index (χ2v) is 5.92. The van der Waals surface area contributed by atoms with Gasteiger partial charge in [0.1, 0.15) is 5.75 Å². The van der Waals surface area contributed by atoms with Gasteiger partial charge < -0.3 is 10.0 Å². The molecule has 1 amide bonds. The van der Waals surface area contributed by atoms with Gasteiger partial charge in [-0.05, 0) is 42.7 Å². The van der Waals surface area contributed by atoms with Crippen LogP contribution in [0.5, 0.6) is 5.75 Å². The molecule has 2 aromatic rings. The lowest BCUT2D eigenvalue weighted by Gasteiger charge is -2.29. The number of phenolic OH excluding ortho intramolecular Hbond substituents is 1. The zero-order valence-corrected chi connectivity index (χ0v) is 13.4. The first-order valence-electron chi connectivity index (χ1n) is 7.81. The minimum absolute atomic E-state index is 0.0934. The Morgan fingerprint density at radius 2 is 2.17 bits per heavy atom. The van der Waals surface area contributed by atoms with E-state index in [-0.39, 0.29) is 17.6 Å². The first-order valence-corrected chi connectivity index (χ1v) is 7.81. The summed E-state index contributed by atoms with van der Waals surface area (Å²) in [6.45, 7) is 3.21. The Kier molecular flexibility index (Phi) is 4.19. The van der Waals surface area contributed by atoms with Gasteiger partial charge in [-0.2, -0.15) is 5.10 Å². The molecule has 0 saturated heterocycles. The van der Waals surface area contributed by atoms with Crippen molar-refractivity contribution >= 4 is 11.5 Å². The van der Waals surface area contributed by atoms with E-state index in [9.17, 15) is 9.90 Å². The molecule has 1 aliphatic rings. The lowest BCUT2D eigenvalue weighted by Crippen LogP contribution is -2.37. The molecule has 2 heterocycles. The number of phenols is 1. The van der Waals surface area contributed by atoms with Crippen LogP contribution in [0.2, 0.25) is 0 Å². The number of aromatic hydroxyl groups is 1. The van der Waals surface area contributed by atoms with Crippen LogP contribution in [0.4, 0.5) is 0 Å². The smallest absolute Gasteiger partial charge is 0.230 e. The van der Waals surface area contributed by atoms with Crippen LogP contribution in [0.1, 0.15) is 30.5 Å². The van der Waals surface area contributed by atoms with Crippen LogP contribution in [-0.2, 0) is 11.8 Å². The highest BCUT2D eigenvalue weighted by molar-refractivity contribution is 5.84. The van der Waals surface area contributed by atoms with E-state index in [0.717, 1.165) is 17.7 Å². The molecule has 0 radical (unpaired) electrons. The molecular formula is C18H21N3O2. The van der Waals surface area contributed by atoms with E-state index < -0.39 is 0 Å². The van der Waals surface area contributed by atoms with Crippen molar-refractivity contribution in [2.24, 2.45) is 7.05 Å². The standard InChI is InChI=1S/C18H21N3O2/c1-13(15-4-3-5-16(22)12-15)18(23)21-10-7-14(8-11-21)17-6-9-19-20(17)2/h3-7,9,12-13,22H,8,10-11H2,1-2H3. The first kappa shape index (κ1) is 15.3. The fourth-order valence-electron chi connectivity index (χ4n) is 3.00. The molecule has 0 fully saturated rings. The number of aromatic nitrogens is 2. The highest BCUT2D eigenvalue weighted by atomic mass is 16.3. The normalized spacial score (nSPS) is 16.1. The van der Waals surface area contributed by atoms with Crippen LogP contribution >= 0.6 is 0 Å². The second kappa shape index (κ2) is 6.28. The molecule has 23 heavy (non-hydrogen) atoms. The Hall–Kier alpha value is -2.56. The summed E-state index contributed by atoms with van der Waals surface area (Å²) < 4.78 is 1.86. The van der Waals surface area contributed by atoms with Gasteiger partial charge in [-0.25, -0.2) is 0 Å². The van der Waals surface area contributed by atoms with Gasteiger partial charge in [-0.1, -0.05) is 18.2 Å². The monoisotopic (exact) mass is 311 g/mol. The predicted octanol–water partition coefficient (Wildman–Crippen LogP) is 2.55.